The number of rotatable bonds is 5. The van der Waals surface area contributed by atoms with Crippen LogP contribution >= 0.6 is 11.8 Å². The highest BCUT2D eigenvalue weighted by Crippen LogP contribution is 2.13. The van der Waals surface area contributed by atoms with E-state index in [9.17, 15) is 4.39 Å². The zero-order valence-electron chi connectivity index (χ0n) is 7.92. The van der Waals surface area contributed by atoms with Crippen molar-refractivity contribution in [2.75, 3.05) is 5.75 Å². The first kappa shape index (κ1) is 10.6. The van der Waals surface area contributed by atoms with Gasteiger partial charge >= 0.3 is 0 Å². The summed E-state index contributed by atoms with van der Waals surface area (Å²) in [6, 6.07) is 6.76. The third-order valence-corrected chi connectivity index (χ3v) is 2.94. The van der Waals surface area contributed by atoms with Crippen molar-refractivity contribution in [2.45, 2.75) is 25.5 Å². The van der Waals surface area contributed by atoms with Gasteiger partial charge in [-0.25, -0.2) is 4.39 Å². The molecular formula is C11H15FS. The molecule has 0 aromatic heterocycles. The number of benzene rings is 1. The number of halogens is 1. The van der Waals surface area contributed by atoms with Gasteiger partial charge in [-0.3, -0.25) is 0 Å². The molecule has 13 heavy (non-hydrogen) atoms. The first-order valence-electron chi connectivity index (χ1n) is 4.65. The number of thioether (sulfide) groups is 1. The summed E-state index contributed by atoms with van der Waals surface area (Å²) in [6.45, 7) is 2.19. The topological polar surface area (TPSA) is 0 Å². The average molecular weight is 198 g/mol. The third-order valence-electron chi connectivity index (χ3n) is 1.82. The number of hydrogen-bond donors (Lipinski definition) is 0. The molecule has 0 spiro atoms. The highest BCUT2D eigenvalue weighted by atomic mass is 32.2. The van der Waals surface area contributed by atoms with Gasteiger partial charge in [0.25, 0.3) is 0 Å². The van der Waals surface area contributed by atoms with Crippen LogP contribution in [0, 0.1) is 5.82 Å². The molecule has 1 aromatic rings. The van der Waals surface area contributed by atoms with Gasteiger partial charge in [-0.1, -0.05) is 25.5 Å². The van der Waals surface area contributed by atoms with Crippen molar-refractivity contribution in [3.63, 3.8) is 0 Å². The lowest BCUT2D eigenvalue weighted by atomic mass is 10.2. The zero-order valence-corrected chi connectivity index (χ0v) is 8.74. The van der Waals surface area contributed by atoms with Gasteiger partial charge in [0.2, 0.25) is 0 Å². The van der Waals surface area contributed by atoms with Crippen molar-refractivity contribution in [3.8, 4) is 0 Å². The van der Waals surface area contributed by atoms with Crippen molar-refractivity contribution in [1.29, 1.82) is 0 Å². The molecule has 72 valence electrons. The average Bonchev–Trinajstić information content (AvgIpc) is 2.15. The maximum atomic E-state index is 12.5. The molecule has 0 bridgehead atoms. The fourth-order valence-corrected chi connectivity index (χ4v) is 2.08. The summed E-state index contributed by atoms with van der Waals surface area (Å²) in [5, 5.41) is 0. The van der Waals surface area contributed by atoms with Gasteiger partial charge < -0.3 is 0 Å². The Morgan fingerprint density at radius 3 is 2.54 bits per heavy atom. The SMILES string of the molecule is CCCCSCc1ccc(F)cc1. The quantitative estimate of drug-likeness (QED) is 0.647. The monoisotopic (exact) mass is 198 g/mol. The molecule has 0 atom stereocenters. The Labute approximate surface area is 83.5 Å². The summed E-state index contributed by atoms with van der Waals surface area (Å²) < 4.78 is 12.5. The van der Waals surface area contributed by atoms with Crippen LogP contribution in [0.1, 0.15) is 25.3 Å². The molecule has 0 heterocycles. The van der Waals surface area contributed by atoms with E-state index in [1.807, 2.05) is 23.9 Å². The van der Waals surface area contributed by atoms with Crippen LogP contribution < -0.4 is 0 Å². The third kappa shape index (κ3) is 4.32. The molecule has 0 aliphatic heterocycles. The summed E-state index contributed by atoms with van der Waals surface area (Å²) in [5.74, 6) is 2.05. The first-order valence-corrected chi connectivity index (χ1v) is 5.80. The van der Waals surface area contributed by atoms with Crippen molar-refractivity contribution in [1.82, 2.24) is 0 Å². The summed E-state index contributed by atoms with van der Waals surface area (Å²) >= 11 is 1.91. The van der Waals surface area contributed by atoms with Gasteiger partial charge in [-0.05, 0) is 29.9 Å². The molecule has 0 saturated carbocycles. The molecule has 0 N–H and O–H groups in total. The number of hydrogen-bond acceptors (Lipinski definition) is 1. The lowest BCUT2D eigenvalue weighted by Gasteiger charge is -2.00. The summed E-state index contributed by atoms with van der Waals surface area (Å²) in [6.07, 6.45) is 2.52. The molecule has 0 saturated heterocycles. The van der Waals surface area contributed by atoms with Gasteiger partial charge in [-0.15, -0.1) is 0 Å². The Balaban J connectivity index is 2.25. The lowest BCUT2D eigenvalue weighted by molar-refractivity contribution is 0.627. The standard InChI is InChI=1S/C11H15FS/c1-2-3-8-13-9-10-4-6-11(12)7-5-10/h4-7H,2-3,8-9H2,1H3. The van der Waals surface area contributed by atoms with Gasteiger partial charge in [0.05, 0.1) is 0 Å². The minimum atomic E-state index is -0.151. The van der Waals surface area contributed by atoms with E-state index >= 15 is 0 Å². The Kier molecular flexibility index (Phi) is 4.91. The van der Waals surface area contributed by atoms with E-state index in [1.165, 1.54) is 36.3 Å². The van der Waals surface area contributed by atoms with E-state index in [1.54, 1.807) is 0 Å². The van der Waals surface area contributed by atoms with E-state index in [0.29, 0.717) is 0 Å². The molecular weight excluding hydrogens is 183 g/mol. The molecule has 0 aliphatic rings. The predicted octanol–water partition coefficient (Wildman–Crippen LogP) is 3.86. The molecule has 0 fully saturated rings. The van der Waals surface area contributed by atoms with Crippen LogP contribution in [0.4, 0.5) is 4.39 Å². The minimum absolute atomic E-state index is 0.151. The van der Waals surface area contributed by atoms with Crippen LogP contribution in [-0.2, 0) is 5.75 Å². The Hall–Kier alpha value is -0.500. The molecule has 2 heteroatoms. The molecule has 0 radical (unpaired) electrons. The van der Waals surface area contributed by atoms with Crippen molar-refractivity contribution in [2.24, 2.45) is 0 Å². The van der Waals surface area contributed by atoms with E-state index in [4.69, 9.17) is 0 Å². The second-order valence-corrected chi connectivity index (χ2v) is 4.14. The first-order chi connectivity index (χ1) is 6.33. The van der Waals surface area contributed by atoms with Crippen LogP contribution in [0.2, 0.25) is 0 Å². The second kappa shape index (κ2) is 6.03. The lowest BCUT2D eigenvalue weighted by Crippen LogP contribution is -1.83. The largest absolute Gasteiger partial charge is 0.207 e. The molecule has 0 unspecified atom stereocenters. The van der Waals surface area contributed by atoms with Gasteiger partial charge in [0.1, 0.15) is 5.82 Å². The summed E-state index contributed by atoms with van der Waals surface area (Å²) in [5.41, 5.74) is 1.21. The Morgan fingerprint density at radius 1 is 1.23 bits per heavy atom. The Morgan fingerprint density at radius 2 is 1.92 bits per heavy atom. The molecule has 0 amide bonds. The molecule has 0 nitrogen and oxygen atoms in total. The predicted molar refractivity (Wildman–Crippen MR) is 57.5 cm³/mol. The van der Waals surface area contributed by atoms with Gasteiger partial charge in [-0.2, -0.15) is 11.8 Å². The van der Waals surface area contributed by atoms with Crippen molar-refractivity contribution in [3.05, 3.63) is 35.6 Å². The fraction of sp³-hybridized carbons (Fsp3) is 0.455. The Bertz CT molecular complexity index is 230. The van der Waals surface area contributed by atoms with Crippen molar-refractivity contribution < 1.29 is 4.39 Å². The van der Waals surface area contributed by atoms with Gasteiger partial charge in [0, 0.05) is 5.75 Å². The van der Waals surface area contributed by atoms with Gasteiger partial charge in [0.15, 0.2) is 0 Å². The highest BCUT2D eigenvalue weighted by Gasteiger charge is 1.93. The van der Waals surface area contributed by atoms with E-state index < -0.39 is 0 Å². The molecule has 1 rings (SSSR count). The maximum Gasteiger partial charge on any atom is 0.123 e. The molecule has 1 aromatic carbocycles. The van der Waals surface area contributed by atoms with Crippen LogP contribution in [0.5, 0.6) is 0 Å². The smallest absolute Gasteiger partial charge is 0.123 e. The van der Waals surface area contributed by atoms with Crippen LogP contribution in [-0.4, -0.2) is 5.75 Å². The second-order valence-electron chi connectivity index (χ2n) is 3.03. The maximum absolute atomic E-state index is 12.5. The van der Waals surface area contributed by atoms with Crippen molar-refractivity contribution >= 4 is 11.8 Å². The van der Waals surface area contributed by atoms with E-state index in [0.717, 1.165) is 5.75 Å². The zero-order chi connectivity index (χ0) is 9.52. The fourth-order valence-electron chi connectivity index (χ4n) is 1.02. The normalized spacial score (nSPS) is 10.3. The van der Waals surface area contributed by atoms with Crippen LogP contribution in [0.25, 0.3) is 0 Å². The summed E-state index contributed by atoms with van der Waals surface area (Å²) in [7, 11) is 0. The summed E-state index contributed by atoms with van der Waals surface area (Å²) in [4.78, 5) is 0. The molecule has 0 aliphatic carbocycles. The number of unbranched alkanes of at least 4 members (excludes halogenated alkanes) is 1. The minimum Gasteiger partial charge on any atom is -0.207 e. The van der Waals surface area contributed by atoms with E-state index in [2.05, 4.69) is 6.92 Å². The van der Waals surface area contributed by atoms with Crippen LogP contribution in [0.3, 0.4) is 0 Å². The van der Waals surface area contributed by atoms with E-state index in [-0.39, 0.29) is 5.82 Å². The highest BCUT2D eigenvalue weighted by molar-refractivity contribution is 7.98. The van der Waals surface area contributed by atoms with Crippen LogP contribution in [0.15, 0.2) is 24.3 Å².